The van der Waals surface area contributed by atoms with E-state index in [1.807, 2.05) is 6.92 Å². The van der Waals surface area contributed by atoms with Crippen molar-refractivity contribution in [2.24, 2.45) is 5.92 Å². The third kappa shape index (κ3) is 3.34. The Morgan fingerprint density at radius 2 is 2.35 bits per heavy atom. The highest BCUT2D eigenvalue weighted by molar-refractivity contribution is 9.10. The average molecular weight is 343 g/mol. The van der Waals surface area contributed by atoms with Gasteiger partial charge in [-0.3, -0.25) is 14.9 Å². The Balaban J connectivity index is 2.02. The number of halogens is 1. The summed E-state index contributed by atoms with van der Waals surface area (Å²) in [5.41, 5.74) is 0.168. The lowest BCUT2D eigenvalue weighted by atomic mass is 10.0. The molecule has 1 amide bonds. The van der Waals surface area contributed by atoms with Crippen molar-refractivity contribution in [3.8, 4) is 0 Å². The van der Waals surface area contributed by atoms with Crippen LogP contribution in [-0.4, -0.2) is 30.1 Å². The number of hydrogen-bond acceptors (Lipinski definition) is 4. The number of amides is 1. The normalized spacial score (nSPS) is 21.7. The lowest BCUT2D eigenvalue weighted by Crippen LogP contribution is -2.31. The molecule has 0 aliphatic carbocycles. The minimum atomic E-state index is -0.520. The van der Waals surface area contributed by atoms with Gasteiger partial charge in [0.1, 0.15) is 0 Å². The summed E-state index contributed by atoms with van der Waals surface area (Å²) in [6.07, 6.45) is 1.05. The molecule has 2 rings (SSSR count). The molecule has 1 heterocycles. The maximum Gasteiger partial charge on any atom is 0.284 e. The topological polar surface area (TPSA) is 81.5 Å². The first-order chi connectivity index (χ1) is 9.49. The lowest BCUT2D eigenvalue weighted by Gasteiger charge is -2.14. The van der Waals surface area contributed by atoms with Crippen molar-refractivity contribution >= 4 is 27.5 Å². The van der Waals surface area contributed by atoms with E-state index in [0.29, 0.717) is 23.5 Å². The SMILES string of the molecule is CC1OCCC1CNC(=O)c1ccc(Br)c([N+](=O)[O-])c1. The molecule has 7 heteroatoms. The zero-order valence-electron chi connectivity index (χ0n) is 11.0. The number of rotatable bonds is 4. The van der Waals surface area contributed by atoms with E-state index in [0.717, 1.165) is 6.42 Å². The van der Waals surface area contributed by atoms with E-state index in [-0.39, 0.29) is 23.3 Å². The summed E-state index contributed by atoms with van der Waals surface area (Å²) in [7, 11) is 0. The Kier molecular flexibility index (Phi) is 4.72. The van der Waals surface area contributed by atoms with Gasteiger partial charge < -0.3 is 10.1 Å². The predicted octanol–water partition coefficient (Wildman–Crippen LogP) is 2.51. The molecule has 0 radical (unpaired) electrons. The minimum Gasteiger partial charge on any atom is -0.378 e. The summed E-state index contributed by atoms with van der Waals surface area (Å²) in [5.74, 6) is -0.0101. The van der Waals surface area contributed by atoms with Crippen LogP contribution in [0.2, 0.25) is 0 Å². The van der Waals surface area contributed by atoms with Crippen molar-refractivity contribution in [3.63, 3.8) is 0 Å². The maximum absolute atomic E-state index is 12.0. The van der Waals surface area contributed by atoms with Crippen LogP contribution in [0.15, 0.2) is 22.7 Å². The Hall–Kier alpha value is -1.47. The van der Waals surface area contributed by atoms with E-state index in [4.69, 9.17) is 4.74 Å². The fourth-order valence-corrected chi connectivity index (χ4v) is 2.56. The van der Waals surface area contributed by atoms with Gasteiger partial charge in [-0.25, -0.2) is 0 Å². The predicted molar refractivity (Wildman–Crippen MR) is 76.7 cm³/mol. The van der Waals surface area contributed by atoms with Gasteiger partial charge in [0.15, 0.2) is 0 Å². The highest BCUT2D eigenvalue weighted by atomic mass is 79.9. The van der Waals surface area contributed by atoms with Crippen molar-refractivity contribution in [2.45, 2.75) is 19.4 Å². The van der Waals surface area contributed by atoms with Gasteiger partial charge in [0.25, 0.3) is 11.6 Å². The van der Waals surface area contributed by atoms with Gasteiger partial charge in [0.2, 0.25) is 0 Å². The third-order valence-corrected chi connectivity index (χ3v) is 4.13. The monoisotopic (exact) mass is 342 g/mol. The molecule has 108 valence electrons. The van der Waals surface area contributed by atoms with E-state index in [1.165, 1.54) is 12.1 Å². The maximum atomic E-state index is 12.0. The number of carbonyl (C=O) groups is 1. The molecule has 0 saturated carbocycles. The second-order valence-electron chi connectivity index (χ2n) is 4.76. The second-order valence-corrected chi connectivity index (χ2v) is 5.61. The van der Waals surface area contributed by atoms with E-state index in [1.54, 1.807) is 6.07 Å². The van der Waals surface area contributed by atoms with Crippen LogP contribution in [0, 0.1) is 16.0 Å². The van der Waals surface area contributed by atoms with Crippen LogP contribution in [0.5, 0.6) is 0 Å². The van der Waals surface area contributed by atoms with Gasteiger partial charge in [0, 0.05) is 30.7 Å². The lowest BCUT2D eigenvalue weighted by molar-refractivity contribution is -0.385. The molecule has 1 aliphatic rings. The Morgan fingerprint density at radius 1 is 1.60 bits per heavy atom. The number of nitrogens with zero attached hydrogens (tertiary/aromatic N) is 1. The van der Waals surface area contributed by atoms with Crippen molar-refractivity contribution in [1.29, 1.82) is 0 Å². The molecular formula is C13H15BrN2O4. The van der Waals surface area contributed by atoms with Crippen molar-refractivity contribution in [2.75, 3.05) is 13.2 Å². The van der Waals surface area contributed by atoms with Gasteiger partial charge in [-0.1, -0.05) is 0 Å². The summed E-state index contributed by atoms with van der Waals surface area (Å²) in [5, 5.41) is 13.6. The number of nitro benzene ring substituents is 1. The molecule has 20 heavy (non-hydrogen) atoms. The molecule has 1 saturated heterocycles. The van der Waals surface area contributed by atoms with Crippen molar-refractivity contribution < 1.29 is 14.5 Å². The summed E-state index contributed by atoms with van der Waals surface area (Å²) in [6, 6.07) is 4.34. The Morgan fingerprint density at radius 3 is 2.95 bits per heavy atom. The molecule has 0 bridgehead atoms. The minimum absolute atomic E-state index is 0.116. The smallest absolute Gasteiger partial charge is 0.284 e. The molecule has 2 atom stereocenters. The molecule has 1 N–H and O–H groups in total. The van der Waals surface area contributed by atoms with Crippen LogP contribution >= 0.6 is 15.9 Å². The van der Waals surface area contributed by atoms with E-state index in [2.05, 4.69) is 21.2 Å². The van der Waals surface area contributed by atoms with Gasteiger partial charge in [-0.2, -0.15) is 0 Å². The van der Waals surface area contributed by atoms with Crippen molar-refractivity contribution in [1.82, 2.24) is 5.32 Å². The number of ether oxygens (including phenoxy) is 1. The van der Waals surface area contributed by atoms with Crippen LogP contribution in [-0.2, 0) is 4.74 Å². The number of nitro groups is 1. The number of carbonyl (C=O) groups excluding carboxylic acids is 1. The molecule has 6 nitrogen and oxygen atoms in total. The van der Waals surface area contributed by atoms with Gasteiger partial charge in [0.05, 0.1) is 15.5 Å². The molecule has 2 unspecified atom stereocenters. The van der Waals surface area contributed by atoms with Gasteiger partial charge in [-0.05, 0) is 41.4 Å². The number of benzene rings is 1. The fourth-order valence-electron chi connectivity index (χ4n) is 2.16. The Bertz CT molecular complexity index is 535. The van der Waals surface area contributed by atoms with Crippen LogP contribution in [0.25, 0.3) is 0 Å². The largest absolute Gasteiger partial charge is 0.378 e. The molecule has 0 spiro atoms. The van der Waals surface area contributed by atoms with E-state index in [9.17, 15) is 14.9 Å². The quantitative estimate of drug-likeness (QED) is 0.673. The van der Waals surface area contributed by atoms with E-state index < -0.39 is 4.92 Å². The number of nitrogens with one attached hydrogen (secondary N) is 1. The molecule has 1 aliphatic heterocycles. The first kappa shape index (κ1) is 14.9. The highest BCUT2D eigenvalue weighted by Crippen LogP contribution is 2.25. The first-order valence-electron chi connectivity index (χ1n) is 6.33. The molecule has 1 aromatic carbocycles. The summed E-state index contributed by atoms with van der Waals surface area (Å²) in [6.45, 7) is 3.21. The molecule has 1 aromatic rings. The highest BCUT2D eigenvalue weighted by Gasteiger charge is 2.25. The molecular weight excluding hydrogens is 328 g/mol. The third-order valence-electron chi connectivity index (χ3n) is 3.46. The summed E-state index contributed by atoms with van der Waals surface area (Å²) < 4.78 is 5.78. The van der Waals surface area contributed by atoms with Crippen molar-refractivity contribution in [3.05, 3.63) is 38.3 Å². The second kappa shape index (κ2) is 6.32. The van der Waals surface area contributed by atoms with Crippen LogP contribution < -0.4 is 5.32 Å². The van der Waals surface area contributed by atoms with E-state index >= 15 is 0 Å². The number of hydrogen-bond donors (Lipinski definition) is 1. The Labute approximate surface area is 124 Å². The van der Waals surface area contributed by atoms with Crippen LogP contribution in [0.4, 0.5) is 5.69 Å². The zero-order valence-corrected chi connectivity index (χ0v) is 12.6. The molecule has 0 aromatic heterocycles. The zero-order chi connectivity index (χ0) is 14.7. The average Bonchev–Trinajstić information content (AvgIpc) is 2.81. The summed E-state index contributed by atoms with van der Waals surface area (Å²) >= 11 is 3.09. The van der Waals surface area contributed by atoms with Crippen LogP contribution in [0.3, 0.4) is 0 Å². The first-order valence-corrected chi connectivity index (χ1v) is 7.12. The fraction of sp³-hybridized carbons (Fsp3) is 0.462. The van der Waals surface area contributed by atoms with Gasteiger partial charge in [-0.15, -0.1) is 0 Å². The molecule has 1 fully saturated rings. The standard InChI is InChI=1S/C13H15BrN2O4/c1-8-10(4-5-20-8)7-15-13(17)9-2-3-11(14)12(6-9)16(18)19/h2-3,6,8,10H,4-5,7H2,1H3,(H,15,17). The van der Waals surface area contributed by atoms with Crippen LogP contribution in [0.1, 0.15) is 23.7 Å². The van der Waals surface area contributed by atoms with Gasteiger partial charge >= 0.3 is 0 Å². The summed E-state index contributed by atoms with van der Waals surface area (Å²) in [4.78, 5) is 22.3.